The molecule has 1 unspecified atom stereocenters. The monoisotopic (exact) mass is 227 g/mol. The van der Waals surface area contributed by atoms with Crippen molar-refractivity contribution in [3.63, 3.8) is 0 Å². The Hall–Kier alpha value is -2.16. The van der Waals surface area contributed by atoms with Crippen molar-refractivity contribution >= 4 is 6.29 Å². The summed E-state index contributed by atoms with van der Waals surface area (Å²) < 4.78 is 5.72. The van der Waals surface area contributed by atoms with Gasteiger partial charge in [0.1, 0.15) is 18.1 Å². The Labute approximate surface area is 100 Å². The first-order chi connectivity index (χ1) is 8.29. The minimum absolute atomic E-state index is 0.113. The van der Waals surface area contributed by atoms with Gasteiger partial charge in [0.2, 0.25) is 0 Å². The molecule has 1 atom stereocenters. The van der Waals surface area contributed by atoms with Gasteiger partial charge in [-0.05, 0) is 43.3 Å². The van der Waals surface area contributed by atoms with E-state index in [1.807, 2.05) is 25.1 Å². The van der Waals surface area contributed by atoms with Crippen molar-refractivity contribution in [1.29, 1.82) is 0 Å². The Kier molecular flexibility index (Phi) is 3.50. The SMILES string of the molecule is CC(Oc1ccc(C=O)cc1)c1ccccn1. The molecule has 0 aliphatic heterocycles. The Morgan fingerprint density at radius 3 is 2.53 bits per heavy atom. The third-order valence-electron chi connectivity index (χ3n) is 2.43. The van der Waals surface area contributed by atoms with E-state index in [0.717, 1.165) is 17.7 Å². The molecule has 1 aromatic heterocycles. The molecule has 86 valence electrons. The predicted molar refractivity (Wildman–Crippen MR) is 65.1 cm³/mol. The van der Waals surface area contributed by atoms with Gasteiger partial charge in [0.15, 0.2) is 0 Å². The first kappa shape index (κ1) is 11.3. The minimum atomic E-state index is -0.113. The number of aromatic nitrogens is 1. The molecular formula is C14H13NO2. The lowest BCUT2D eigenvalue weighted by atomic mass is 10.2. The van der Waals surface area contributed by atoms with Gasteiger partial charge in [-0.1, -0.05) is 6.07 Å². The van der Waals surface area contributed by atoms with Crippen molar-refractivity contribution in [1.82, 2.24) is 4.98 Å². The highest BCUT2D eigenvalue weighted by Crippen LogP contribution is 2.20. The fraction of sp³-hybridized carbons (Fsp3) is 0.143. The highest BCUT2D eigenvalue weighted by Gasteiger charge is 2.07. The smallest absolute Gasteiger partial charge is 0.150 e. The van der Waals surface area contributed by atoms with E-state index in [4.69, 9.17) is 4.74 Å². The normalized spacial score (nSPS) is 11.8. The number of nitrogens with zero attached hydrogens (tertiary/aromatic N) is 1. The summed E-state index contributed by atoms with van der Waals surface area (Å²) in [6.07, 6.45) is 2.44. The summed E-state index contributed by atoms with van der Waals surface area (Å²) in [5, 5.41) is 0. The van der Waals surface area contributed by atoms with Gasteiger partial charge in [-0.15, -0.1) is 0 Å². The minimum Gasteiger partial charge on any atom is -0.484 e. The van der Waals surface area contributed by atoms with Crippen LogP contribution in [0.4, 0.5) is 0 Å². The molecule has 1 heterocycles. The number of pyridine rings is 1. The van der Waals surface area contributed by atoms with Crippen molar-refractivity contribution in [3.8, 4) is 5.75 Å². The van der Waals surface area contributed by atoms with Gasteiger partial charge in [0.05, 0.1) is 5.69 Å². The molecule has 3 nitrogen and oxygen atoms in total. The number of hydrogen-bond acceptors (Lipinski definition) is 3. The van der Waals surface area contributed by atoms with E-state index in [0.29, 0.717) is 5.56 Å². The quantitative estimate of drug-likeness (QED) is 0.753. The van der Waals surface area contributed by atoms with E-state index in [2.05, 4.69) is 4.98 Å². The molecule has 0 aliphatic carbocycles. The second-order valence-corrected chi connectivity index (χ2v) is 3.70. The van der Waals surface area contributed by atoms with E-state index in [9.17, 15) is 4.79 Å². The zero-order valence-corrected chi connectivity index (χ0v) is 9.54. The molecule has 0 radical (unpaired) electrons. The lowest BCUT2D eigenvalue weighted by Crippen LogP contribution is -2.04. The Balaban J connectivity index is 2.07. The van der Waals surface area contributed by atoms with Gasteiger partial charge in [0.25, 0.3) is 0 Å². The van der Waals surface area contributed by atoms with Crippen molar-refractivity contribution in [3.05, 3.63) is 59.9 Å². The van der Waals surface area contributed by atoms with Gasteiger partial charge in [-0.3, -0.25) is 9.78 Å². The van der Waals surface area contributed by atoms with Crippen LogP contribution in [0.2, 0.25) is 0 Å². The van der Waals surface area contributed by atoms with Crippen molar-refractivity contribution in [2.75, 3.05) is 0 Å². The van der Waals surface area contributed by atoms with Gasteiger partial charge in [-0.2, -0.15) is 0 Å². The van der Waals surface area contributed by atoms with E-state index in [1.54, 1.807) is 30.5 Å². The molecule has 17 heavy (non-hydrogen) atoms. The topological polar surface area (TPSA) is 39.2 Å². The second-order valence-electron chi connectivity index (χ2n) is 3.70. The maximum absolute atomic E-state index is 10.5. The van der Waals surface area contributed by atoms with Crippen molar-refractivity contribution < 1.29 is 9.53 Å². The van der Waals surface area contributed by atoms with Gasteiger partial charge in [-0.25, -0.2) is 0 Å². The third kappa shape index (κ3) is 2.91. The zero-order valence-electron chi connectivity index (χ0n) is 9.54. The highest BCUT2D eigenvalue weighted by atomic mass is 16.5. The molecule has 1 aromatic carbocycles. The van der Waals surface area contributed by atoms with Crippen LogP contribution in [0.3, 0.4) is 0 Å². The summed E-state index contributed by atoms with van der Waals surface area (Å²) >= 11 is 0. The number of benzene rings is 1. The Morgan fingerprint density at radius 2 is 1.94 bits per heavy atom. The number of rotatable bonds is 4. The van der Waals surface area contributed by atoms with Crippen LogP contribution in [0.5, 0.6) is 5.75 Å². The summed E-state index contributed by atoms with van der Waals surface area (Å²) in [6.45, 7) is 1.94. The first-order valence-corrected chi connectivity index (χ1v) is 5.42. The summed E-state index contributed by atoms with van der Waals surface area (Å²) in [5.74, 6) is 0.730. The molecule has 0 spiro atoms. The molecular weight excluding hydrogens is 214 g/mol. The number of carbonyl (C=O) groups excluding carboxylic acids is 1. The summed E-state index contributed by atoms with van der Waals surface area (Å²) in [4.78, 5) is 14.7. The van der Waals surface area contributed by atoms with Crippen LogP contribution in [-0.2, 0) is 0 Å². The number of carbonyl (C=O) groups is 1. The lowest BCUT2D eigenvalue weighted by Gasteiger charge is -2.13. The fourth-order valence-electron chi connectivity index (χ4n) is 1.51. The van der Waals surface area contributed by atoms with Gasteiger partial charge < -0.3 is 4.74 Å². The molecule has 0 bridgehead atoms. The van der Waals surface area contributed by atoms with Crippen LogP contribution < -0.4 is 4.74 Å². The zero-order chi connectivity index (χ0) is 12.1. The maximum atomic E-state index is 10.5. The third-order valence-corrected chi connectivity index (χ3v) is 2.43. The molecule has 0 saturated heterocycles. The summed E-state index contributed by atoms with van der Waals surface area (Å²) in [5.41, 5.74) is 1.52. The van der Waals surface area contributed by atoms with E-state index in [1.165, 1.54) is 0 Å². The Bertz CT molecular complexity index is 479. The average molecular weight is 227 g/mol. The number of ether oxygens (including phenoxy) is 1. The van der Waals surface area contributed by atoms with E-state index in [-0.39, 0.29) is 6.10 Å². The van der Waals surface area contributed by atoms with E-state index >= 15 is 0 Å². The van der Waals surface area contributed by atoms with Crippen molar-refractivity contribution in [2.45, 2.75) is 13.0 Å². The molecule has 0 aliphatic rings. The molecule has 0 fully saturated rings. The number of aldehydes is 1. The van der Waals surface area contributed by atoms with Crippen LogP contribution in [-0.4, -0.2) is 11.3 Å². The second kappa shape index (κ2) is 5.25. The molecule has 0 N–H and O–H groups in total. The maximum Gasteiger partial charge on any atom is 0.150 e. The predicted octanol–water partition coefficient (Wildman–Crippen LogP) is 3.03. The summed E-state index contributed by atoms with van der Waals surface area (Å²) in [7, 11) is 0. The van der Waals surface area contributed by atoms with Gasteiger partial charge in [0, 0.05) is 11.8 Å². The number of hydrogen-bond donors (Lipinski definition) is 0. The molecule has 0 amide bonds. The molecule has 2 rings (SSSR count). The van der Waals surface area contributed by atoms with E-state index < -0.39 is 0 Å². The van der Waals surface area contributed by atoms with Crippen LogP contribution in [0.25, 0.3) is 0 Å². The highest BCUT2D eigenvalue weighted by molar-refractivity contribution is 5.74. The average Bonchev–Trinajstić information content (AvgIpc) is 2.40. The van der Waals surface area contributed by atoms with Crippen LogP contribution in [0.15, 0.2) is 48.7 Å². The molecule has 2 aromatic rings. The van der Waals surface area contributed by atoms with Crippen molar-refractivity contribution in [2.24, 2.45) is 0 Å². The summed E-state index contributed by atoms with van der Waals surface area (Å²) in [6, 6.07) is 12.7. The standard InChI is InChI=1S/C14H13NO2/c1-11(14-4-2-3-9-15-14)17-13-7-5-12(10-16)6-8-13/h2-11H,1H3. The van der Waals surface area contributed by atoms with Gasteiger partial charge >= 0.3 is 0 Å². The van der Waals surface area contributed by atoms with Crippen LogP contribution in [0, 0.1) is 0 Å². The largest absolute Gasteiger partial charge is 0.484 e. The fourth-order valence-corrected chi connectivity index (χ4v) is 1.51. The molecule has 3 heteroatoms. The van der Waals surface area contributed by atoms with Crippen LogP contribution >= 0.6 is 0 Å². The van der Waals surface area contributed by atoms with Crippen LogP contribution in [0.1, 0.15) is 29.1 Å². The first-order valence-electron chi connectivity index (χ1n) is 5.42. The molecule has 0 saturated carbocycles. The lowest BCUT2D eigenvalue weighted by molar-refractivity contribution is 0.112. The Morgan fingerprint density at radius 1 is 1.18 bits per heavy atom.